The third-order valence-electron chi connectivity index (χ3n) is 3.77. The van der Waals surface area contributed by atoms with Crippen LogP contribution in [0.4, 0.5) is 10.7 Å². The van der Waals surface area contributed by atoms with Crippen LogP contribution < -0.4 is 53.3 Å². The molecule has 172 valence electrons. The second-order valence-corrected chi connectivity index (χ2v) is 7.21. The van der Waals surface area contributed by atoms with Gasteiger partial charge < -0.3 is 23.7 Å². The molecule has 0 atom stereocenters. The number of para-hydroxylation sites is 2. The molecule has 34 heavy (non-hydrogen) atoms. The van der Waals surface area contributed by atoms with Crippen LogP contribution in [0.2, 0.25) is 0 Å². The molecule has 0 saturated heterocycles. The molecule has 0 spiro atoms. The first-order valence-electron chi connectivity index (χ1n) is 9.11. The maximum Gasteiger partial charge on any atom is 1.00 e. The monoisotopic (exact) mass is 496 g/mol. The minimum atomic E-state index is -4.83. The number of benzene rings is 2. The fourth-order valence-corrected chi connectivity index (χ4v) is 3.04. The zero-order valence-electron chi connectivity index (χ0n) is 18.3. The van der Waals surface area contributed by atoms with E-state index in [-0.39, 0.29) is 64.3 Å². The molecule has 0 unspecified atom stereocenters. The van der Waals surface area contributed by atoms with Gasteiger partial charge in [0, 0.05) is 0 Å². The van der Waals surface area contributed by atoms with Crippen LogP contribution in [0, 0.1) is 0 Å². The number of carbonyl (C=O) groups excluding carboxylic acids is 2. The van der Waals surface area contributed by atoms with Crippen molar-refractivity contribution in [3.8, 4) is 23.3 Å². The van der Waals surface area contributed by atoms with E-state index < -0.39 is 22.3 Å². The van der Waals surface area contributed by atoms with Crippen LogP contribution in [0.1, 0.15) is 10.4 Å². The van der Waals surface area contributed by atoms with Crippen molar-refractivity contribution >= 4 is 28.3 Å². The molecular weight excluding hydrogens is 479 g/mol. The molecule has 1 N–H and O–H groups in total. The van der Waals surface area contributed by atoms with Crippen molar-refractivity contribution in [3.63, 3.8) is 0 Å². The molecule has 1 aromatic heterocycles. The number of esters is 1. The summed E-state index contributed by atoms with van der Waals surface area (Å²) in [6, 6.07) is 13.6. The van der Waals surface area contributed by atoms with Gasteiger partial charge in [-0.1, -0.05) is 30.3 Å². The summed E-state index contributed by atoms with van der Waals surface area (Å²) in [5.41, 5.74) is -0.193. The van der Waals surface area contributed by atoms with Crippen molar-refractivity contribution in [1.82, 2.24) is 9.97 Å². The Morgan fingerprint density at radius 2 is 1.50 bits per heavy atom. The first-order valence-corrected chi connectivity index (χ1v) is 10.5. The standard InChI is InChI=1S/C20H18N4O8S.Na/c1-29-16-12-17(30-2)22-19(21-16)23-20(26)24-33(27,28)32-15-11-7-6-10-14(15)18(25)31-13-8-4-3-5-9-13;/h3-12H,1-2H3,(H2,21,22,23,24,26);/q;+1/p-1. The van der Waals surface area contributed by atoms with Crippen molar-refractivity contribution in [3.05, 3.63) is 70.9 Å². The zero-order valence-corrected chi connectivity index (χ0v) is 21.1. The maximum atomic E-state index is 12.5. The molecule has 2 amide bonds. The largest absolute Gasteiger partial charge is 1.00 e. The second kappa shape index (κ2) is 12.2. The van der Waals surface area contributed by atoms with Crippen LogP contribution in [0.15, 0.2) is 60.7 Å². The number of nitrogens with one attached hydrogen (secondary N) is 1. The summed E-state index contributed by atoms with van der Waals surface area (Å²) in [6.45, 7) is 0. The molecule has 1 heterocycles. The fourth-order valence-electron chi connectivity index (χ4n) is 2.38. The van der Waals surface area contributed by atoms with Crippen molar-refractivity contribution < 1.29 is 66.0 Å². The number of aromatic nitrogens is 2. The molecule has 3 aromatic rings. The number of ether oxygens (including phenoxy) is 3. The van der Waals surface area contributed by atoms with Crippen LogP contribution in [0.3, 0.4) is 0 Å². The SMILES string of the molecule is COc1cc(OC)nc(NC(=O)[N-]S(=O)(=O)Oc2ccccc2C(=O)Oc2ccccc2)n1.[Na+]. The van der Waals surface area contributed by atoms with Gasteiger partial charge in [-0.25, -0.2) is 4.79 Å². The van der Waals surface area contributed by atoms with E-state index in [1.165, 1.54) is 44.6 Å². The summed E-state index contributed by atoms with van der Waals surface area (Å²) in [5, 5.41) is 2.06. The molecule has 0 bridgehead atoms. The number of urea groups is 1. The number of anilines is 1. The minimum Gasteiger partial charge on any atom is -0.481 e. The first kappa shape index (κ1) is 26.9. The van der Waals surface area contributed by atoms with E-state index >= 15 is 0 Å². The van der Waals surface area contributed by atoms with E-state index in [9.17, 15) is 18.0 Å². The van der Waals surface area contributed by atoms with Gasteiger partial charge in [0.2, 0.25) is 11.8 Å². The van der Waals surface area contributed by atoms with Gasteiger partial charge in [0.25, 0.3) is 0 Å². The molecule has 0 saturated carbocycles. The van der Waals surface area contributed by atoms with Gasteiger partial charge in [-0.05, 0) is 24.3 Å². The molecule has 0 aliphatic rings. The van der Waals surface area contributed by atoms with Crippen LogP contribution in [0.25, 0.3) is 4.72 Å². The van der Waals surface area contributed by atoms with Crippen molar-refractivity contribution in [1.29, 1.82) is 0 Å². The molecule has 3 rings (SSSR count). The van der Waals surface area contributed by atoms with E-state index in [0.29, 0.717) is 0 Å². The van der Waals surface area contributed by atoms with Crippen molar-refractivity contribution in [2.45, 2.75) is 0 Å². The van der Waals surface area contributed by atoms with E-state index in [4.69, 9.17) is 18.4 Å². The van der Waals surface area contributed by atoms with Crippen LogP contribution in [0.5, 0.6) is 23.3 Å². The van der Waals surface area contributed by atoms with Gasteiger partial charge >= 0.3 is 45.8 Å². The van der Waals surface area contributed by atoms with E-state index in [1.807, 2.05) is 0 Å². The predicted octanol–water partition coefficient (Wildman–Crippen LogP) is -0.0536. The predicted molar refractivity (Wildman–Crippen MR) is 115 cm³/mol. The average molecular weight is 496 g/mol. The van der Waals surface area contributed by atoms with E-state index in [0.717, 1.165) is 0 Å². The molecule has 0 fully saturated rings. The molecular formula is C20H17N4NaO8S. The molecule has 0 aliphatic carbocycles. The number of amides is 2. The summed E-state index contributed by atoms with van der Waals surface area (Å²) in [7, 11) is -2.17. The summed E-state index contributed by atoms with van der Waals surface area (Å²) >= 11 is 0. The molecule has 12 nitrogen and oxygen atoms in total. The van der Waals surface area contributed by atoms with Gasteiger partial charge in [-0.3, -0.25) is 9.52 Å². The number of nitrogens with zero attached hydrogens (tertiary/aromatic N) is 3. The Labute approximate surface area is 217 Å². The van der Waals surface area contributed by atoms with Gasteiger partial charge in [0.05, 0.1) is 20.3 Å². The number of methoxy groups -OCH3 is 2. The zero-order chi connectivity index (χ0) is 23.8. The normalized spacial score (nSPS) is 10.3. The number of hydrogen-bond acceptors (Lipinski definition) is 10. The third kappa shape index (κ3) is 7.59. The Morgan fingerprint density at radius 3 is 2.12 bits per heavy atom. The van der Waals surface area contributed by atoms with Crippen molar-refractivity contribution in [2.24, 2.45) is 0 Å². The fraction of sp³-hybridized carbons (Fsp3) is 0.100. The quantitative estimate of drug-likeness (QED) is 0.255. The Morgan fingerprint density at radius 1 is 0.912 bits per heavy atom. The Balaban J connectivity index is 0.00000408. The molecule has 0 radical (unpaired) electrons. The minimum absolute atomic E-state index is 0. The summed E-state index contributed by atoms with van der Waals surface area (Å²) in [4.78, 5) is 32.2. The Bertz CT molecular complexity index is 1240. The number of rotatable bonds is 8. The third-order valence-corrected chi connectivity index (χ3v) is 4.55. The second-order valence-electron chi connectivity index (χ2n) is 6.01. The van der Waals surface area contributed by atoms with Crippen LogP contribution in [-0.2, 0) is 10.3 Å². The molecule has 0 aliphatic heterocycles. The topological polar surface area (TPSA) is 157 Å². The summed E-state index contributed by atoms with van der Waals surface area (Å²) in [5.74, 6) is -1.20. The smallest absolute Gasteiger partial charge is 0.481 e. The van der Waals surface area contributed by atoms with Crippen molar-refractivity contribution in [2.75, 3.05) is 19.5 Å². The van der Waals surface area contributed by atoms with Gasteiger partial charge in [0.15, 0.2) is 17.7 Å². The van der Waals surface area contributed by atoms with Gasteiger partial charge in [0.1, 0.15) is 11.3 Å². The first-order chi connectivity index (χ1) is 15.8. The maximum absolute atomic E-state index is 12.5. The van der Waals surface area contributed by atoms with Gasteiger partial charge in [-0.15, -0.1) is 0 Å². The Hall–Kier alpha value is -3.39. The van der Waals surface area contributed by atoms with Crippen LogP contribution in [-0.4, -0.2) is 44.6 Å². The summed E-state index contributed by atoms with van der Waals surface area (Å²) < 4.78 is 47.5. The van der Waals surface area contributed by atoms with Gasteiger partial charge in [-0.2, -0.15) is 18.4 Å². The average Bonchev–Trinajstić information content (AvgIpc) is 2.78. The Kier molecular flexibility index (Phi) is 9.62. The number of carbonyl (C=O) groups is 2. The van der Waals surface area contributed by atoms with E-state index in [2.05, 4.69) is 20.0 Å². The number of hydrogen-bond donors (Lipinski definition) is 1. The molecule has 14 heteroatoms. The van der Waals surface area contributed by atoms with E-state index in [1.54, 1.807) is 30.3 Å². The molecule has 2 aromatic carbocycles. The van der Waals surface area contributed by atoms with Crippen LogP contribution >= 0.6 is 0 Å². The summed E-state index contributed by atoms with van der Waals surface area (Å²) in [6.07, 6.45) is 0.